The van der Waals surface area contributed by atoms with Crippen LogP contribution in [0.15, 0.2) is 30.6 Å². The predicted octanol–water partition coefficient (Wildman–Crippen LogP) is 5.21. The van der Waals surface area contributed by atoms with E-state index in [1.807, 2.05) is 6.33 Å². The number of benzene rings is 1. The molecule has 0 spiro atoms. The number of anilines is 2. The van der Waals surface area contributed by atoms with Crippen molar-refractivity contribution in [2.75, 3.05) is 23.8 Å². The highest BCUT2D eigenvalue weighted by Gasteiger charge is 2.26. The maximum absolute atomic E-state index is 6.14. The molecule has 8 nitrogen and oxygen atoms in total. The lowest BCUT2D eigenvalue weighted by molar-refractivity contribution is 0.216. The maximum Gasteiger partial charge on any atom is 0.227 e. The van der Waals surface area contributed by atoms with Crippen LogP contribution in [0.2, 0.25) is 0 Å². The number of aryl methyl sites for hydroxylation is 1. The van der Waals surface area contributed by atoms with Crippen molar-refractivity contribution in [3.8, 4) is 0 Å². The first-order valence-electron chi connectivity index (χ1n) is 14.4. The lowest BCUT2D eigenvalue weighted by Crippen LogP contribution is -2.39. The van der Waals surface area contributed by atoms with Crippen molar-refractivity contribution in [2.24, 2.45) is 11.7 Å². The number of rotatable bonds is 7. The molecule has 2 saturated carbocycles. The molecular weight excluding hydrogens is 460 g/mol. The van der Waals surface area contributed by atoms with Crippen LogP contribution in [-0.4, -0.2) is 49.7 Å². The van der Waals surface area contributed by atoms with Crippen LogP contribution in [0.5, 0.6) is 0 Å². The summed E-state index contributed by atoms with van der Waals surface area (Å²) in [7, 11) is 0. The molecule has 4 N–H and O–H groups in total. The molecule has 1 aromatic carbocycles. The second kappa shape index (κ2) is 11.0. The van der Waals surface area contributed by atoms with Gasteiger partial charge in [-0.1, -0.05) is 42.7 Å². The second-order valence-corrected chi connectivity index (χ2v) is 11.6. The Labute approximate surface area is 220 Å². The first-order valence-corrected chi connectivity index (χ1v) is 14.4. The van der Waals surface area contributed by atoms with Crippen LogP contribution in [0.25, 0.3) is 11.2 Å². The molecule has 2 aliphatic carbocycles. The van der Waals surface area contributed by atoms with E-state index >= 15 is 0 Å². The normalized spacial score (nSPS) is 24.1. The number of imidazole rings is 1. The highest BCUT2D eigenvalue weighted by Crippen LogP contribution is 2.34. The van der Waals surface area contributed by atoms with E-state index in [4.69, 9.17) is 20.7 Å². The second-order valence-electron chi connectivity index (χ2n) is 11.6. The van der Waals surface area contributed by atoms with E-state index in [2.05, 4.69) is 51.5 Å². The van der Waals surface area contributed by atoms with Gasteiger partial charge in [-0.05, 0) is 76.2 Å². The zero-order chi connectivity index (χ0) is 25.2. The molecule has 3 aliphatic rings. The number of hydrogen-bond donors (Lipinski definition) is 3. The van der Waals surface area contributed by atoms with Gasteiger partial charge in [-0.2, -0.15) is 9.97 Å². The Morgan fingerprint density at radius 1 is 0.919 bits per heavy atom. The third-order valence-electron chi connectivity index (χ3n) is 8.77. The third-order valence-corrected chi connectivity index (χ3v) is 8.77. The Balaban J connectivity index is 1.17. The molecular formula is C29H42N8. The smallest absolute Gasteiger partial charge is 0.227 e. The van der Waals surface area contributed by atoms with Crippen molar-refractivity contribution in [1.29, 1.82) is 0 Å². The van der Waals surface area contributed by atoms with Gasteiger partial charge in [0.1, 0.15) is 0 Å². The van der Waals surface area contributed by atoms with Gasteiger partial charge in [0.25, 0.3) is 0 Å². The Morgan fingerprint density at radius 2 is 1.65 bits per heavy atom. The van der Waals surface area contributed by atoms with E-state index in [1.165, 1.54) is 49.7 Å². The van der Waals surface area contributed by atoms with Gasteiger partial charge in [-0.3, -0.25) is 0 Å². The number of nitrogens with one attached hydrogen (secondary N) is 2. The fraction of sp³-hybridized carbons (Fsp3) is 0.621. The molecule has 0 radical (unpaired) electrons. The zero-order valence-electron chi connectivity index (χ0n) is 22.2. The van der Waals surface area contributed by atoms with Crippen molar-refractivity contribution in [3.63, 3.8) is 0 Å². The van der Waals surface area contributed by atoms with Crippen molar-refractivity contribution >= 4 is 22.9 Å². The van der Waals surface area contributed by atoms with Crippen LogP contribution in [0, 0.1) is 12.8 Å². The number of hydrazine groups is 1. The molecule has 1 aliphatic heterocycles. The van der Waals surface area contributed by atoms with Gasteiger partial charge in [0.15, 0.2) is 17.0 Å². The number of nitrogens with zero attached hydrogens (tertiary/aromatic N) is 5. The lowest BCUT2D eigenvalue weighted by Gasteiger charge is -2.32. The fourth-order valence-electron chi connectivity index (χ4n) is 6.41. The summed E-state index contributed by atoms with van der Waals surface area (Å²) in [6.07, 6.45) is 14.7. The minimum Gasteiger partial charge on any atom is -0.351 e. The van der Waals surface area contributed by atoms with Crippen molar-refractivity contribution in [3.05, 3.63) is 41.7 Å². The molecule has 37 heavy (non-hydrogen) atoms. The molecule has 0 bridgehead atoms. The summed E-state index contributed by atoms with van der Waals surface area (Å²) >= 11 is 0. The molecule has 6 rings (SSSR count). The minimum absolute atomic E-state index is 0.330. The predicted molar refractivity (Wildman–Crippen MR) is 149 cm³/mol. The lowest BCUT2D eigenvalue weighted by atomic mass is 9.90. The maximum atomic E-state index is 6.14. The summed E-state index contributed by atoms with van der Waals surface area (Å²) in [4.78, 5) is 14.8. The van der Waals surface area contributed by atoms with E-state index in [0.29, 0.717) is 24.1 Å². The molecule has 2 aromatic heterocycles. The van der Waals surface area contributed by atoms with Crippen LogP contribution in [0.3, 0.4) is 0 Å². The number of piperidine rings is 1. The molecule has 0 unspecified atom stereocenters. The van der Waals surface area contributed by atoms with E-state index in [9.17, 15) is 0 Å². The zero-order valence-corrected chi connectivity index (χ0v) is 22.2. The van der Waals surface area contributed by atoms with E-state index in [1.54, 1.807) is 0 Å². The molecule has 0 atom stereocenters. The van der Waals surface area contributed by atoms with E-state index in [0.717, 1.165) is 68.1 Å². The van der Waals surface area contributed by atoms with Gasteiger partial charge < -0.3 is 21.0 Å². The topological polar surface area (TPSA) is 96.9 Å². The number of fused-ring (bicyclic) bond motifs is 1. The summed E-state index contributed by atoms with van der Waals surface area (Å²) in [5, 5.41) is 5.96. The van der Waals surface area contributed by atoms with E-state index in [-0.39, 0.29) is 0 Å². The molecule has 8 heteroatoms. The standard InChI is InChI=1S/C29H42N8/c1-20-6-8-21(9-7-20)18-22-14-16-36(17-15-22)35-27-26-28(37(19-31-26)25-4-2-3-5-25)34-29(33-27)32-24-12-10-23(30)11-13-24/h6-9,19,22-25H,2-5,10-18,30H2,1H3,(H2,32,33,34,35)/t23-,24-. The highest BCUT2D eigenvalue weighted by molar-refractivity contribution is 5.84. The van der Waals surface area contributed by atoms with Gasteiger partial charge in [-0.25, -0.2) is 9.99 Å². The summed E-state index contributed by atoms with van der Waals surface area (Å²) in [6, 6.07) is 10.2. The molecule has 3 heterocycles. The number of hydrogen-bond acceptors (Lipinski definition) is 7. The molecule has 3 aromatic rings. The summed E-state index contributed by atoms with van der Waals surface area (Å²) in [5.74, 6) is 2.26. The average molecular weight is 503 g/mol. The van der Waals surface area contributed by atoms with Crippen LogP contribution >= 0.6 is 0 Å². The van der Waals surface area contributed by atoms with Gasteiger partial charge in [0, 0.05) is 31.2 Å². The van der Waals surface area contributed by atoms with Crippen molar-refractivity contribution in [1.82, 2.24) is 24.5 Å². The highest BCUT2D eigenvalue weighted by atomic mass is 15.5. The van der Waals surface area contributed by atoms with E-state index < -0.39 is 0 Å². The van der Waals surface area contributed by atoms with Crippen molar-refractivity contribution < 1.29 is 0 Å². The first-order chi connectivity index (χ1) is 18.1. The molecule has 198 valence electrons. The first kappa shape index (κ1) is 24.6. The minimum atomic E-state index is 0.330. The summed E-state index contributed by atoms with van der Waals surface area (Å²) in [5.41, 5.74) is 14.4. The van der Waals surface area contributed by atoms with Crippen LogP contribution in [-0.2, 0) is 6.42 Å². The summed E-state index contributed by atoms with van der Waals surface area (Å²) < 4.78 is 2.30. The summed E-state index contributed by atoms with van der Waals surface area (Å²) in [6.45, 7) is 4.17. The fourth-order valence-corrected chi connectivity index (χ4v) is 6.41. The van der Waals surface area contributed by atoms with Crippen LogP contribution in [0.1, 0.15) is 81.4 Å². The van der Waals surface area contributed by atoms with Crippen molar-refractivity contribution in [2.45, 2.75) is 95.7 Å². The molecule has 3 fully saturated rings. The third kappa shape index (κ3) is 5.75. The van der Waals surface area contributed by atoms with Gasteiger partial charge in [0.05, 0.1) is 6.33 Å². The quantitative estimate of drug-likeness (QED) is 0.408. The SMILES string of the molecule is Cc1ccc(CC2CCN(Nc3nc(N[C@H]4CC[C@H](N)CC4)nc4c3ncn4C3CCCC3)CC2)cc1. The van der Waals surface area contributed by atoms with Crippen LogP contribution < -0.4 is 16.5 Å². The van der Waals surface area contributed by atoms with Gasteiger partial charge in [-0.15, -0.1) is 0 Å². The largest absolute Gasteiger partial charge is 0.351 e. The Morgan fingerprint density at radius 3 is 2.38 bits per heavy atom. The number of nitrogens with two attached hydrogens (primary N) is 1. The Hall–Kier alpha value is -2.71. The van der Waals surface area contributed by atoms with Crippen LogP contribution in [0.4, 0.5) is 11.8 Å². The van der Waals surface area contributed by atoms with Gasteiger partial charge in [0.2, 0.25) is 5.95 Å². The number of aromatic nitrogens is 4. The molecule has 1 saturated heterocycles. The average Bonchev–Trinajstić information content (AvgIpc) is 3.58. The monoisotopic (exact) mass is 502 g/mol. The Bertz CT molecular complexity index is 1170. The Kier molecular flexibility index (Phi) is 7.29. The molecule has 0 amide bonds. The van der Waals surface area contributed by atoms with Gasteiger partial charge >= 0.3 is 0 Å².